The van der Waals surface area contributed by atoms with Crippen LogP contribution in [0.5, 0.6) is 17.2 Å². The second-order valence-electron chi connectivity index (χ2n) is 7.62. The number of unbranched alkanes of at least 4 members (excludes halogenated alkanes) is 1. The number of hydrogen-bond donors (Lipinski definition) is 3. The minimum atomic E-state index is -0.503. The number of amides is 1. The van der Waals surface area contributed by atoms with Crippen molar-refractivity contribution in [1.29, 1.82) is 0 Å². The van der Waals surface area contributed by atoms with Gasteiger partial charge in [-0.15, -0.1) is 0 Å². The molecular formula is C24H27N3O5. The molecule has 0 saturated carbocycles. The molecule has 1 aliphatic rings. The summed E-state index contributed by atoms with van der Waals surface area (Å²) in [5.74, 6) is 1.02. The number of methoxy groups -OCH3 is 1. The number of aromatic hydroxyl groups is 1. The molecule has 168 valence electrons. The van der Waals surface area contributed by atoms with Gasteiger partial charge in [0.2, 0.25) is 0 Å². The summed E-state index contributed by atoms with van der Waals surface area (Å²) in [5.41, 5.74) is 2.83. The fourth-order valence-corrected chi connectivity index (χ4v) is 4.06. The summed E-state index contributed by atoms with van der Waals surface area (Å²) in [7, 11) is 1.58. The molecule has 0 fully saturated rings. The van der Waals surface area contributed by atoms with Gasteiger partial charge in [0.1, 0.15) is 17.1 Å². The largest absolute Gasteiger partial charge is 0.507 e. The summed E-state index contributed by atoms with van der Waals surface area (Å²) in [6.07, 6.45) is 1.97. The van der Waals surface area contributed by atoms with Crippen molar-refractivity contribution >= 4 is 5.91 Å². The van der Waals surface area contributed by atoms with E-state index in [-0.39, 0.29) is 24.8 Å². The Hall–Kier alpha value is -3.52. The van der Waals surface area contributed by atoms with Crippen molar-refractivity contribution in [2.45, 2.75) is 25.8 Å². The highest BCUT2D eigenvalue weighted by Crippen LogP contribution is 2.45. The summed E-state index contributed by atoms with van der Waals surface area (Å²) in [5, 5.41) is 27.2. The van der Waals surface area contributed by atoms with Crippen molar-refractivity contribution in [1.82, 2.24) is 15.1 Å². The molecule has 1 aliphatic heterocycles. The lowest BCUT2D eigenvalue weighted by molar-refractivity contribution is 0.0706. The summed E-state index contributed by atoms with van der Waals surface area (Å²) < 4.78 is 11.4. The van der Waals surface area contributed by atoms with Crippen molar-refractivity contribution < 1.29 is 24.5 Å². The van der Waals surface area contributed by atoms with Gasteiger partial charge in [-0.3, -0.25) is 9.89 Å². The van der Waals surface area contributed by atoms with Crippen LogP contribution in [0.4, 0.5) is 0 Å². The van der Waals surface area contributed by atoms with Crippen molar-refractivity contribution in [3.8, 4) is 28.5 Å². The Morgan fingerprint density at radius 2 is 2.00 bits per heavy atom. The lowest BCUT2D eigenvalue weighted by Gasteiger charge is -2.26. The Morgan fingerprint density at radius 1 is 1.19 bits per heavy atom. The van der Waals surface area contributed by atoms with E-state index >= 15 is 0 Å². The second-order valence-corrected chi connectivity index (χ2v) is 7.62. The van der Waals surface area contributed by atoms with Gasteiger partial charge in [0, 0.05) is 17.7 Å². The van der Waals surface area contributed by atoms with Gasteiger partial charge in [0.15, 0.2) is 11.5 Å². The average molecular weight is 437 g/mol. The number of aromatic amines is 1. The molecule has 1 amide bonds. The Balaban J connectivity index is 1.81. The number of benzene rings is 2. The SMILES string of the molecule is CCCCOc1ccc(C2c3c(-c4ccccc4O)n[nH]c3C(=O)N2CCO)cc1OC. The molecule has 8 heteroatoms. The molecule has 1 unspecified atom stereocenters. The third-order valence-corrected chi connectivity index (χ3v) is 5.62. The van der Waals surface area contributed by atoms with Crippen molar-refractivity contribution in [2.24, 2.45) is 0 Å². The number of ether oxygens (including phenoxy) is 2. The zero-order valence-corrected chi connectivity index (χ0v) is 18.2. The van der Waals surface area contributed by atoms with Gasteiger partial charge in [-0.2, -0.15) is 5.10 Å². The third-order valence-electron chi connectivity index (χ3n) is 5.62. The van der Waals surface area contributed by atoms with Crippen molar-refractivity contribution in [3.05, 3.63) is 59.3 Å². The molecular weight excluding hydrogens is 410 g/mol. The molecule has 3 N–H and O–H groups in total. The molecule has 0 saturated heterocycles. The summed E-state index contributed by atoms with van der Waals surface area (Å²) in [6.45, 7) is 2.67. The Kier molecular flexibility index (Phi) is 6.32. The minimum absolute atomic E-state index is 0.0749. The Morgan fingerprint density at radius 3 is 2.72 bits per heavy atom. The maximum Gasteiger partial charge on any atom is 0.273 e. The minimum Gasteiger partial charge on any atom is -0.507 e. The lowest BCUT2D eigenvalue weighted by Crippen LogP contribution is -2.32. The van der Waals surface area contributed by atoms with Gasteiger partial charge in [-0.05, 0) is 36.2 Å². The fourth-order valence-electron chi connectivity index (χ4n) is 4.06. The molecule has 0 bridgehead atoms. The number of hydrogen-bond acceptors (Lipinski definition) is 6. The molecule has 2 heterocycles. The van der Waals surface area contributed by atoms with Crippen LogP contribution in [-0.4, -0.2) is 58.1 Å². The average Bonchev–Trinajstić information content (AvgIpc) is 3.34. The van der Waals surface area contributed by atoms with Crippen LogP contribution in [0.1, 0.15) is 47.4 Å². The number of H-pyrrole nitrogens is 1. The maximum absolute atomic E-state index is 13.1. The van der Waals surface area contributed by atoms with Crippen LogP contribution >= 0.6 is 0 Å². The van der Waals surface area contributed by atoms with Gasteiger partial charge in [-0.1, -0.05) is 31.5 Å². The van der Waals surface area contributed by atoms with Gasteiger partial charge >= 0.3 is 0 Å². The number of aliphatic hydroxyl groups is 1. The molecule has 0 spiro atoms. The van der Waals surface area contributed by atoms with E-state index in [0.29, 0.717) is 40.6 Å². The number of carbonyl (C=O) groups excluding carboxylic acids is 1. The number of nitrogens with zero attached hydrogens (tertiary/aromatic N) is 2. The van der Waals surface area contributed by atoms with E-state index in [9.17, 15) is 15.0 Å². The first-order valence-electron chi connectivity index (χ1n) is 10.7. The Bertz CT molecular complexity index is 1110. The van der Waals surface area contributed by atoms with E-state index in [0.717, 1.165) is 18.4 Å². The van der Waals surface area contributed by atoms with Crippen LogP contribution in [-0.2, 0) is 0 Å². The quantitative estimate of drug-likeness (QED) is 0.442. The lowest BCUT2D eigenvalue weighted by atomic mass is 9.95. The fraction of sp³-hybridized carbons (Fsp3) is 0.333. The number of phenols is 1. The number of phenolic OH excluding ortho intramolecular Hbond substituents is 1. The summed E-state index contributed by atoms with van der Waals surface area (Å²) in [4.78, 5) is 14.7. The smallest absolute Gasteiger partial charge is 0.273 e. The number of nitrogens with one attached hydrogen (secondary N) is 1. The van der Waals surface area contributed by atoms with E-state index in [1.54, 1.807) is 36.3 Å². The zero-order chi connectivity index (χ0) is 22.7. The van der Waals surface area contributed by atoms with E-state index in [1.165, 1.54) is 0 Å². The number of β-amino-alcohol motifs (C(OH)–C–C–N with tert-alkyl or cyclic N) is 1. The number of aliphatic hydroxyl groups excluding tert-OH is 1. The van der Waals surface area contributed by atoms with E-state index < -0.39 is 6.04 Å². The topological polar surface area (TPSA) is 108 Å². The predicted octanol–water partition coefficient (Wildman–Crippen LogP) is 3.51. The summed E-state index contributed by atoms with van der Waals surface area (Å²) in [6, 6.07) is 11.9. The number of carbonyl (C=O) groups is 1. The Labute approximate surface area is 186 Å². The zero-order valence-electron chi connectivity index (χ0n) is 18.2. The van der Waals surface area contributed by atoms with E-state index in [4.69, 9.17) is 9.47 Å². The normalized spacial score (nSPS) is 15.2. The highest BCUT2D eigenvalue weighted by Gasteiger charge is 2.42. The predicted molar refractivity (Wildman–Crippen MR) is 119 cm³/mol. The molecule has 2 aromatic carbocycles. The number of aromatic nitrogens is 2. The molecule has 1 atom stereocenters. The van der Waals surface area contributed by atoms with Gasteiger partial charge < -0.3 is 24.6 Å². The van der Waals surface area contributed by atoms with Crippen LogP contribution in [0.15, 0.2) is 42.5 Å². The molecule has 0 radical (unpaired) electrons. The number of rotatable bonds is 9. The molecule has 4 rings (SSSR count). The van der Waals surface area contributed by atoms with Crippen molar-refractivity contribution in [2.75, 3.05) is 26.9 Å². The molecule has 3 aromatic rings. The first-order chi connectivity index (χ1) is 15.6. The summed E-state index contributed by atoms with van der Waals surface area (Å²) >= 11 is 0. The van der Waals surface area contributed by atoms with Crippen LogP contribution < -0.4 is 9.47 Å². The first kappa shape index (κ1) is 21.7. The number of para-hydroxylation sites is 1. The van der Waals surface area contributed by atoms with Gasteiger partial charge in [-0.25, -0.2) is 0 Å². The van der Waals surface area contributed by atoms with Gasteiger partial charge in [0.05, 0.1) is 26.4 Å². The van der Waals surface area contributed by atoms with E-state index in [2.05, 4.69) is 17.1 Å². The molecule has 0 aliphatic carbocycles. The molecule has 8 nitrogen and oxygen atoms in total. The van der Waals surface area contributed by atoms with Gasteiger partial charge in [0.25, 0.3) is 5.91 Å². The standard InChI is InChI=1S/C24H27N3O5/c1-3-4-13-32-18-10-9-15(14-19(18)31-2)23-20-21(16-7-5-6-8-17(16)29)25-26-22(20)24(30)27(23)11-12-28/h5-10,14,23,28-29H,3-4,11-13H2,1-2H3,(H,25,26). The molecule has 32 heavy (non-hydrogen) atoms. The highest BCUT2D eigenvalue weighted by atomic mass is 16.5. The van der Waals surface area contributed by atoms with Crippen molar-refractivity contribution in [3.63, 3.8) is 0 Å². The van der Waals surface area contributed by atoms with Crippen LogP contribution in [0.2, 0.25) is 0 Å². The third kappa shape index (κ3) is 3.78. The highest BCUT2D eigenvalue weighted by molar-refractivity contribution is 6.00. The van der Waals surface area contributed by atoms with Crippen LogP contribution in [0.3, 0.4) is 0 Å². The number of fused-ring (bicyclic) bond motifs is 1. The first-order valence-corrected chi connectivity index (χ1v) is 10.7. The van der Waals surface area contributed by atoms with Crippen LogP contribution in [0.25, 0.3) is 11.3 Å². The van der Waals surface area contributed by atoms with Crippen LogP contribution in [0, 0.1) is 0 Å². The maximum atomic E-state index is 13.1. The second kappa shape index (κ2) is 9.32. The van der Waals surface area contributed by atoms with E-state index in [1.807, 2.05) is 18.2 Å². The molecule has 1 aromatic heterocycles. The monoisotopic (exact) mass is 437 g/mol.